The van der Waals surface area contributed by atoms with E-state index in [0.29, 0.717) is 0 Å². The van der Waals surface area contributed by atoms with Crippen LogP contribution in [0, 0.1) is 0 Å². The minimum Gasteiger partial charge on any atom is -0.726 e. The summed E-state index contributed by atoms with van der Waals surface area (Å²) in [4.78, 5) is 0. The first-order valence-corrected chi connectivity index (χ1v) is 14.9. The van der Waals surface area contributed by atoms with Gasteiger partial charge in [0.2, 0.25) is 16.7 Å². The maximum atomic E-state index is 9.51. The maximum Gasteiger partial charge on any atom is 0.232 e. The van der Waals surface area contributed by atoms with Crippen molar-refractivity contribution in [1.82, 2.24) is 5.32 Å². The molecule has 0 aromatic carbocycles. The minimum absolute atomic E-state index is 0.00458. The molecule has 0 radical (unpaired) electrons. The van der Waals surface area contributed by atoms with Gasteiger partial charge in [-0.2, -0.15) is 0 Å². The smallest absolute Gasteiger partial charge is 0.232 e. The Balaban J connectivity index is 0.00000135. The van der Waals surface area contributed by atoms with Gasteiger partial charge in [-0.05, 0) is 32.3 Å². The lowest BCUT2D eigenvalue weighted by atomic mass is 9.90. The third kappa shape index (κ3) is 17.5. The number of rotatable bonds is 20. The largest absolute Gasteiger partial charge is 0.726 e. The zero-order valence-corrected chi connectivity index (χ0v) is 22.9. The van der Waals surface area contributed by atoms with E-state index < -0.39 is 10.4 Å². The zero-order valence-electron chi connectivity index (χ0n) is 22.1. The topological polar surface area (TPSA) is 102 Å². The molecule has 202 valence electrons. The van der Waals surface area contributed by atoms with Crippen LogP contribution in [0.15, 0.2) is 12.2 Å². The molecule has 8 heteroatoms. The standard InChI is InChI=1S/C24H46N2O.C2H6O4S/c1-3-5-6-7-8-9-10-11-12-13-14-15-16-17-18-24(4-2,19-22-27)26-21-20-25-23-26;1-2-6-7(3,4)5/h17-18,23,27H,3-16,19-22H2,1-2H3;2H2,1H3,(H,3,4,5). The molecule has 1 rings (SSSR count). The second-order valence-electron chi connectivity index (χ2n) is 9.10. The van der Waals surface area contributed by atoms with Crippen molar-refractivity contribution in [1.29, 1.82) is 0 Å². The van der Waals surface area contributed by atoms with Gasteiger partial charge in [0.25, 0.3) is 0 Å². The lowest BCUT2D eigenvalue weighted by molar-refractivity contribution is -0.586. The molecule has 0 amide bonds. The van der Waals surface area contributed by atoms with Crippen molar-refractivity contribution in [2.75, 3.05) is 26.3 Å². The van der Waals surface area contributed by atoms with Crippen molar-refractivity contribution in [3.8, 4) is 0 Å². The lowest BCUT2D eigenvalue weighted by Crippen LogP contribution is -2.40. The van der Waals surface area contributed by atoms with Crippen LogP contribution in [0.1, 0.15) is 117 Å². The summed E-state index contributed by atoms with van der Waals surface area (Å²) in [7, 11) is -4.42. The summed E-state index contributed by atoms with van der Waals surface area (Å²) in [6.45, 7) is 8.16. The molecular formula is C26H52N2O5S. The van der Waals surface area contributed by atoms with Gasteiger partial charge >= 0.3 is 0 Å². The Hall–Kier alpha value is -0.960. The van der Waals surface area contributed by atoms with Crippen molar-refractivity contribution in [3.05, 3.63) is 12.2 Å². The third-order valence-electron chi connectivity index (χ3n) is 6.39. The summed E-state index contributed by atoms with van der Waals surface area (Å²) in [5, 5.41) is 12.8. The van der Waals surface area contributed by atoms with Crippen LogP contribution in [-0.2, 0) is 14.6 Å². The van der Waals surface area contributed by atoms with Crippen molar-refractivity contribution in [2.24, 2.45) is 0 Å². The van der Waals surface area contributed by atoms with Crippen molar-refractivity contribution in [2.45, 2.75) is 123 Å². The van der Waals surface area contributed by atoms with E-state index in [4.69, 9.17) is 0 Å². The highest BCUT2D eigenvalue weighted by molar-refractivity contribution is 7.80. The van der Waals surface area contributed by atoms with Crippen LogP contribution in [0.5, 0.6) is 0 Å². The van der Waals surface area contributed by atoms with E-state index in [0.717, 1.165) is 25.9 Å². The van der Waals surface area contributed by atoms with Crippen molar-refractivity contribution >= 4 is 16.7 Å². The fourth-order valence-electron chi connectivity index (χ4n) is 4.34. The highest BCUT2D eigenvalue weighted by Crippen LogP contribution is 2.23. The molecule has 0 aromatic rings. The van der Waals surface area contributed by atoms with E-state index in [1.165, 1.54) is 90.4 Å². The van der Waals surface area contributed by atoms with Crippen LogP contribution >= 0.6 is 0 Å². The van der Waals surface area contributed by atoms with Gasteiger partial charge in [-0.25, -0.2) is 8.42 Å². The number of hydrogen-bond acceptors (Lipinski definition) is 6. The van der Waals surface area contributed by atoms with Gasteiger partial charge in [-0.15, -0.1) is 0 Å². The third-order valence-corrected chi connectivity index (χ3v) is 6.91. The molecule has 2 N–H and O–H groups in total. The monoisotopic (exact) mass is 504 g/mol. The van der Waals surface area contributed by atoms with E-state index in [-0.39, 0.29) is 18.8 Å². The normalized spacial score (nSPS) is 15.5. The molecule has 1 aliphatic rings. The van der Waals surface area contributed by atoms with Gasteiger partial charge in [-0.1, -0.05) is 90.6 Å². The Kier molecular flexibility index (Phi) is 20.7. The van der Waals surface area contributed by atoms with E-state index in [2.05, 4.69) is 46.4 Å². The van der Waals surface area contributed by atoms with Gasteiger partial charge in [0, 0.05) is 13.0 Å². The average Bonchev–Trinajstić information content (AvgIpc) is 3.34. The second kappa shape index (κ2) is 21.3. The van der Waals surface area contributed by atoms with Crippen LogP contribution in [0.2, 0.25) is 0 Å². The van der Waals surface area contributed by atoms with Crippen LogP contribution < -0.4 is 5.32 Å². The fourth-order valence-corrected chi connectivity index (χ4v) is 4.63. The summed E-state index contributed by atoms with van der Waals surface area (Å²) in [5.74, 6) is 0. The van der Waals surface area contributed by atoms with Gasteiger partial charge in [-0.3, -0.25) is 14.1 Å². The van der Waals surface area contributed by atoms with Crippen LogP contribution in [0.4, 0.5) is 0 Å². The summed E-state index contributed by atoms with van der Waals surface area (Å²) >= 11 is 0. The molecule has 1 unspecified atom stereocenters. The number of aliphatic hydroxyl groups excluding tert-OH is 1. The molecular weight excluding hydrogens is 452 g/mol. The van der Waals surface area contributed by atoms with Crippen LogP contribution in [0.3, 0.4) is 0 Å². The Bertz CT molecular complexity index is 637. The van der Waals surface area contributed by atoms with Crippen molar-refractivity contribution < 1.29 is 26.8 Å². The van der Waals surface area contributed by atoms with Gasteiger partial charge < -0.3 is 9.66 Å². The summed E-state index contributed by atoms with van der Waals surface area (Å²) < 4.78 is 34.4. The molecule has 0 aliphatic carbocycles. The number of aliphatic hydroxyl groups is 1. The minimum atomic E-state index is -4.42. The molecule has 1 heterocycles. The molecule has 0 saturated heterocycles. The van der Waals surface area contributed by atoms with E-state index in [9.17, 15) is 18.1 Å². The summed E-state index contributed by atoms with van der Waals surface area (Å²) in [6, 6.07) is 0. The van der Waals surface area contributed by atoms with Crippen LogP contribution in [-0.4, -0.2) is 60.8 Å². The molecule has 7 nitrogen and oxygen atoms in total. The predicted molar refractivity (Wildman–Crippen MR) is 140 cm³/mol. The first kappa shape index (κ1) is 33.0. The summed E-state index contributed by atoms with van der Waals surface area (Å²) in [5.41, 5.74) is -0.00458. The van der Waals surface area contributed by atoms with Gasteiger partial charge in [0.15, 0.2) is 0 Å². The number of hydrogen-bond donors (Lipinski definition) is 2. The Morgan fingerprint density at radius 1 is 1.00 bits per heavy atom. The maximum absolute atomic E-state index is 9.51. The summed E-state index contributed by atoms with van der Waals surface area (Å²) in [6.07, 6.45) is 26.7. The van der Waals surface area contributed by atoms with E-state index >= 15 is 0 Å². The lowest BCUT2D eigenvalue weighted by Gasteiger charge is -2.28. The van der Waals surface area contributed by atoms with E-state index in [1.54, 1.807) is 0 Å². The average molecular weight is 505 g/mol. The van der Waals surface area contributed by atoms with Gasteiger partial charge in [0.1, 0.15) is 18.6 Å². The first-order valence-electron chi connectivity index (χ1n) is 13.6. The molecule has 0 spiro atoms. The number of nitrogens with zero attached hydrogens (tertiary/aromatic N) is 1. The highest BCUT2D eigenvalue weighted by atomic mass is 32.3. The highest BCUT2D eigenvalue weighted by Gasteiger charge is 2.34. The SMILES string of the molecule is CCCCCCCCCCCCCCC=CC(CC)(CCO)[N+]1=CNCC1.CCOS(=O)(=O)[O-]. The fraction of sp³-hybridized carbons (Fsp3) is 0.885. The Morgan fingerprint density at radius 2 is 1.56 bits per heavy atom. The predicted octanol–water partition coefficient (Wildman–Crippen LogP) is 5.29. The molecule has 0 aromatic heterocycles. The molecule has 0 saturated carbocycles. The molecule has 1 aliphatic heterocycles. The van der Waals surface area contributed by atoms with Crippen molar-refractivity contribution in [3.63, 3.8) is 0 Å². The number of allylic oxidation sites excluding steroid dienone is 1. The molecule has 1 atom stereocenters. The quantitative estimate of drug-likeness (QED) is 0.0768. The van der Waals surface area contributed by atoms with Gasteiger partial charge in [0.05, 0.1) is 6.61 Å². The molecule has 0 bridgehead atoms. The van der Waals surface area contributed by atoms with E-state index in [1.807, 2.05) is 0 Å². The number of nitrogens with one attached hydrogen (secondary N) is 1. The molecule has 34 heavy (non-hydrogen) atoms. The first-order chi connectivity index (χ1) is 16.3. The zero-order chi connectivity index (χ0) is 25.5. The Morgan fingerprint density at radius 3 is 1.94 bits per heavy atom. The molecule has 0 fully saturated rings. The second-order valence-corrected chi connectivity index (χ2v) is 10.2. The van der Waals surface area contributed by atoms with Crippen LogP contribution in [0.25, 0.3) is 0 Å². The number of unbranched alkanes of at least 4 members (excludes halogenated alkanes) is 12. The Labute approximate surface area is 210 Å².